The molecular weight excluding hydrogens is 250 g/mol. The molecule has 0 spiro atoms. The van der Waals surface area contributed by atoms with E-state index in [-0.39, 0.29) is 5.69 Å². The molecule has 0 aliphatic carbocycles. The zero-order valence-electron chi connectivity index (χ0n) is 10.0. The monoisotopic (exact) mass is 261 g/mol. The second kappa shape index (κ2) is 4.70. The molecule has 2 aromatic heterocycles. The van der Waals surface area contributed by atoms with Gasteiger partial charge in [0, 0.05) is 6.20 Å². The van der Waals surface area contributed by atoms with Crippen LogP contribution in [0.2, 0.25) is 0 Å². The Hall–Kier alpha value is -2.00. The molecule has 0 amide bonds. The van der Waals surface area contributed by atoms with Gasteiger partial charge in [-0.3, -0.25) is 10.1 Å². The molecule has 0 saturated heterocycles. The Bertz CT molecular complexity index is 670. The lowest BCUT2D eigenvalue weighted by Crippen LogP contribution is -1.92. The second-order valence-corrected chi connectivity index (χ2v) is 4.56. The lowest BCUT2D eigenvalue weighted by Gasteiger charge is -1.99. The van der Waals surface area contributed by atoms with Crippen molar-refractivity contribution in [2.45, 2.75) is 18.2 Å². The number of hydrogen-bond donors (Lipinski definition) is 0. The van der Waals surface area contributed by atoms with Crippen molar-refractivity contribution < 1.29 is 4.92 Å². The highest BCUT2D eigenvalue weighted by atomic mass is 32.2. The fourth-order valence-electron chi connectivity index (χ4n) is 1.94. The third-order valence-electron chi connectivity index (χ3n) is 2.82. The van der Waals surface area contributed by atoms with Gasteiger partial charge in [-0.25, -0.2) is 0 Å². The molecule has 0 bridgehead atoms. The Morgan fingerprint density at radius 1 is 1.56 bits per heavy atom. The van der Waals surface area contributed by atoms with E-state index >= 15 is 0 Å². The van der Waals surface area contributed by atoms with Crippen LogP contribution in [0.4, 0.5) is 5.69 Å². The molecule has 0 N–H and O–H groups in total. The number of aromatic nitrogens is 1. The number of thioether (sulfide) groups is 1. The average molecular weight is 261 g/mol. The molecule has 0 radical (unpaired) electrons. The van der Waals surface area contributed by atoms with Crippen LogP contribution in [0.15, 0.2) is 23.2 Å². The van der Waals surface area contributed by atoms with E-state index in [1.165, 1.54) is 11.8 Å². The van der Waals surface area contributed by atoms with Gasteiger partial charge < -0.3 is 4.40 Å². The van der Waals surface area contributed by atoms with Gasteiger partial charge in [0.15, 0.2) is 0 Å². The van der Waals surface area contributed by atoms with Crippen LogP contribution in [-0.4, -0.2) is 15.6 Å². The number of nitriles is 1. The summed E-state index contributed by atoms with van der Waals surface area (Å²) < 4.78 is 1.61. The van der Waals surface area contributed by atoms with Crippen molar-refractivity contribution in [1.82, 2.24) is 4.40 Å². The number of nitrogens with zero attached hydrogens (tertiary/aromatic N) is 3. The van der Waals surface area contributed by atoms with Gasteiger partial charge in [0.2, 0.25) is 0 Å². The minimum atomic E-state index is -0.423. The Labute approximate surface area is 108 Å². The lowest BCUT2D eigenvalue weighted by molar-refractivity contribution is -0.385. The Morgan fingerprint density at radius 3 is 2.78 bits per heavy atom. The van der Waals surface area contributed by atoms with E-state index in [4.69, 9.17) is 0 Å². The number of pyridine rings is 1. The predicted molar refractivity (Wildman–Crippen MR) is 69.9 cm³/mol. The lowest BCUT2D eigenvalue weighted by atomic mass is 10.2. The van der Waals surface area contributed by atoms with Gasteiger partial charge in [-0.15, -0.1) is 11.8 Å². The van der Waals surface area contributed by atoms with Crippen molar-refractivity contribution in [1.29, 1.82) is 5.26 Å². The largest absolute Gasteiger partial charge is 0.309 e. The number of nitro groups is 1. The van der Waals surface area contributed by atoms with E-state index in [0.717, 1.165) is 12.0 Å². The molecule has 5 nitrogen and oxygen atoms in total. The third-order valence-corrected chi connectivity index (χ3v) is 3.62. The van der Waals surface area contributed by atoms with Gasteiger partial charge in [-0.05, 0) is 24.3 Å². The topological polar surface area (TPSA) is 71.3 Å². The highest BCUT2D eigenvalue weighted by Crippen LogP contribution is 2.37. The van der Waals surface area contributed by atoms with E-state index in [1.807, 2.05) is 13.0 Å². The highest BCUT2D eigenvalue weighted by Gasteiger charge is 2.26. The zero-order chi connectivity index (χ0) is 13.3. The maximum absolute atomic E-state index is 11.1. The van der Waals surface area contributed by atoms with Crippen LogP contribution in [-0.2, 0) is 6.42 Å². The van der Waals surface area contributed by atoms with Crippen LogP contribution in [0.5, 0.6) is 0 Å². The summed E-state index contributed by atoms with van der Waals surface area (Å²) in [5.74, 6) is 0. The number of hydrogen-bond acceptors (Lipinski definition) is 4. The third kappa shape index (κ3) is 1.73. The molecular formula is C12H11N3O2S. The van der Waals surface area contributed by atoms with Crippen molar-refractivity contribution in [3.05, 3.63) is 39.7 Å². The van der Waals surface area contributed by atoms with Crippen LogP contribution in [0.25, 0.3) is 5.52 Å². The molecule has 0 atom stereocenters. The van der Waals surface area contributed by atoms with Gasteiger partial charge in [-0.2, -0.15) is 5.26 Å². The van der Waals surface area contributed by atoms with Crippen LogP contribution in [0.1, 0.15) is 18.2 Å². The molecule has 0 aliphatic heterocycles. The maximum atomic E-state index is 11.1. The predicted octanol–water partition coefficient (Wildman–Crippen LogP) is 3.00. The van der Waals surface area contributed by atoms with E-state index in [9.17, 15) is 15.4 Å². The van der Waals surface area contributed by atoms with Crippen molar-refractivity contribution in [3.63, 3.8) is 0 Å². The summed E-state index contributed by atoms with van der Waals surface area (Å²) in [5, 5.41) is 20.3. The second-order valence-electron chi connectivity index (χ2n) is 3.75. The maximum Gasteiger partial charge on any atom is 0.309 e. The van der Waals surface area contributed by atoms with Crippen molar-refractivity contribution in [3.8, 4) is 6.07 Å². The SMILES string of the molecule is CCc1ccc2c([N+](=O)[O-])c(SC)c(C#N)n2c1. The highest BCUT2D eigenvalue weighted by molar-refractivity contribution is 7.98. The van der Waals surface area contributed by atoms with Gasteiger partial charge in [-0.1, -0.05) is 13.0 Å². The summed E-state index contributed by atoms with van der Waals surface area (Å²) in [4.78, 5) is 11.2. The summed E-state index contributed by atoms with van der Waals surface area (Å²) in [7, 11) is 0. The van der Waals surface area contributed by atoms with E-state index in [0.29, 0.717) is 16.1 Å². The standard InChI is InChI=1S/C12H11N3O2S/c1-3-8-4-5-9-11(15(16)17)12(18-2)10(6-13)14(9)7-8/h4-5,7H,3H2,1-2H3. The molecule has 2 rings (SSSR count). The summed E-state index contributed by atoms with van der Waals surface area (Å²) in [5.41, 5.74) is 1.86. The van der Waals surface area contributed by atoms with Crippen molar-refractivity contribution in [2.75, 3.05) is 6.26 Å². The molecule has 2 heterocycles. The summed E-state index contributed by atoms with van der Waals surface area (Å²) in [6, 6.07) is 5.61. The smallest absolute Gasteiger partial charge is 0.301 e. The zero-order valence-corrected chi connectivity index (χ0v) is 10.8. The summed E-state index contributed by atoms with van der Waals surface area (Å²) in [6.45, 7) is 2.00. The Morgan fingerprint density at radius 2 is 2.28 bits per heavy atom. The Balaban J connectivity index is 2.92. The van der Waals surface area contributed by atoms with E-state index < -0.39 is 4.92 Å². The number of aryl methyl sites for hydroxylation is 1. The Kier molecular flexibility index (Phi) is 3.26. The van der Waals surface area contributed by atoms with E-state index in [1.54, 1.807) is 22.9 Å². The molecule has 0 unspecified atom stereocenters. The van der Waals surface area contributed by atoms with Crippen LogP contribution < -0.4 is 0 Å². The van der Waals surface area contributed by atoms with Crippen molar-refractivity contribution >= 4 is 23.0 Å². The minimum absolute atomic E-state index is 0.0155. The molecule has 18 heavy (non-hydrogen) atoms. The average Bonchev–Trinajstić information content (AvgIpc) is 2.70. The van der Waals surface area contributed by atoms with Gasteiger partial charge in [0.1, 0.15) is 22.2 Å². The van der Waals surface area contributed by atoms with Gasteiger partial charge in [0.25, 0.3) is 0 Å². The van der Waals surface area contributed by atoms with Crippen molar-refractivity contribution in [2.24, 2.45) is 0 Å². The first-order valence-corrected chi connectivity index (χ1v) is 6.61. The van der Waals surface area contributed by atoms with Crippen LogP contribution >= 0.6 is 11.8 Å². The normalized spacial score (nSPS) is 10.5. The summed E-state index contributed by atoms with van der Waals surface area (Å²) in [6.07, 6.45) is 4.35. The molecule has 6 heteroatoms. The van der Waals surface area contributed by atoms with Gasteiger partial charge >= 0.3 is 5.69 Å². The summed E-state index contributed by atoms with van der Waals surface area (Å²) >= 11 is 1.23. The molecule has 92 valence electrons. The quantitative estimate of drug-likeness (QED) is 0.483. The van der Waals surface area contributed by atoms with E-state index in [2.05, 4.69) is 6.07 Å². The van der Waals surface area contributed by atoms with Crippen LogP contribution in [0.3, 0.4) is 0 Å². The molecule has 2 aromatic rings. The molecule has 0 aliphatic rings. The minimum Gasteiger partial charge on any atom is -0.301 e. The fourth-order valence-corrected chi connectivity index (χ4v) is 2.65. The first kappa shape index (κ1) is 12.5. The first-order valence-electron chi connectivity index (χ1n) is 5.39. The molecule has 0 fully saturated rings. The van der Waals surface area contributed by atoms with Gasteiger partial charge in [0.05, 0.1) is 4.92 Å². The van der Waals surface area contributed by atoms with Crippen LogP contribution in [0, 0.1) is 21.4 Å². The number of fused-ring (bicyclic) bond motifs is 1. The first-order chi connectivity index (χ1) is 8.63. The molecule has 0 saturated carbocycles. The molecule has 0 aromatic carbocycles. The number of rotatable bonds is 3. The fraction of sp³-hybridized carbons (Fsp3) is 0.250.